The Bertz CT molecular complexity index is 836. The van der Waals surface area contributed by atoms with Gasteiger partial charge in [0.05, 0.1) is 5.60 Å². The summed E-state index contributed by atoms with van der Waals surface area (Å²) in [6.07, 6.45) is 2.06. The number of rotatable bonds is 4. The van der Waals surface area contributed by atoms with Gasteiger partial charge in [0, 0.05) is 2.74 Å². The molecular weight excluding hydrogens is 413 g/mol. The lowest BCUT2D eigenvalue weighted by Crippen LogP contribution is -2.52. The minimum Gasteiger partial charge on any atom is -0.390 e. The second-order valence-corrected chi connectivity index (χ2v) is 12.6. The Morgan fingerprint density at radius 3 is 2.47 bits per heavy atom. The Balaban J connectivity index is 1.54. The first-order valence-electron chi connectivity index (χ1n) is 13.6. The molecule has 0 bridgehead atoms. The van der Waals surface area contributed by atoms with E-state index in [1.165, 1.54) is 0 Å². The summed E-state index contributed by atoms with van der Waals surface area (Å²) in [6, 6.07) is 0. The highest BCUT2D eigenvalue weighted by Crippen LogP contribution is 2.67. The van der Waals surface area contributed by atoms with E-state index in [-0.39, 0.29) is 23.2 Å². The summed E-state index contributed by atoms with van der Waals surface area (Å²) in [5.41, 5.74) is -3.37. The summed E-state index contributed by atoms with van der Waals surface area (Å²) in [7, 11) is 0. The zero-order valence-corrected chi connectivity index (χ0v) is 20.4. The second kappa shape index (κ2) is 7.73. The molecule has 0 spiro atoms. The van der Waals surface area contributed by atoms with Crippen LogP contribution >= 0.6 is 0 Å². The molecule has 184 valence electrons. The predicted molar refractivity (Wildman–Crippen MR) is 121 cm³/mol. The van der Waals surface area contributed by atoms with Gasteiger partial charge in [0.1, 0.15) is 0 Å². The van der Waals surface area contributed by atoms with E-state index in [9.17, 15) is 23.4 Å². The van der Waals surface area contributed by atoms with Crippen molar-refractivity contribution in [3.05, 3.63) is 11.6 Å². The van der Waals surface area contributed by atoms with Crippen LogP contribution in [0.3, 0.4) is 0 Å². The van der Waals surface area contributed by atoms with Crippen molar-refractivity contribution in [2.75, 3.05) is 0 Å². The van der Waals surface area contributed by atoms with Crippen LogP contribution in [0, 0.1) is 40.4 Å². The topological polar surface area (TPSA) is 40.5 Å². The average Bonchev–Trinajstić information content (AvgIpc) is 3.06. The third-order valence-corrected chi connectivity index (χ3v) is 10.5. The molecule has 2 nitrogen and oxygen atoms in total. The molecular formula is C27H43F3O2. The molecule has 0 saturated heterocycles. The number of hydrogen-bond donors (Lipinski definition) is 2. The summed E-state index contributed by atoms with van der Waals surface area (Å²) >= 11 is 0. The first-order chi connectivity index (χ1) is 15.4. The van der Waals surface area contributed by atoms with Gasteiger partial charge >= 0.3 is 6.18 Å². The molecule has 0 heterocycles. The summed E-state index contributed by atoms with van der Waals surface area (Å²) < 4.78 is 57.0. The van der Waals surface area contributed by atoms with Crippen molar-refractivity contribution in [3.63, 3.8) is 0 Å². The molecule has 0 aliphatic heterocycles. The van der Waals surface area contributed by atoms with Crippen LogP contribution in [0.4, 0.5) is 13.2 Å². The lowest BCUT2D eigenvalue weighted by molar-refractivity contribution is -0.256. The number of fused-ring (bicyclic) bond motifs is 5. The van der Waals surface area contributed by atoms with E-state index in [0.29, 0.717) is 36.5 Å². The van der Waals surface area contributed by atoms with Crippen molar-refractivity contribution < 1.29 is 26.1 Å². The van der Waals surface area contributed by atoms with E-state index >= 15 is 0 Å². The van der Waals surface area contributed by atoms with Gasteiger partial charge in [0.2, 0.25) is 0 Å². The van der Waals surface area contributed by atoms with Gasteiger partial charge in [-0.05, 0) is 118 Å². The van der Waals surface area contributed by atoms with E-state index in [4.69, 9.17) is 2.74 Å². The zero-order valence-electron chi connectivity index (χ0n) is 22.4. The van der Waals surface area contributed by atoms with E-state index in [0.717, 1.165) is 51.0 Å². The van der Waals surface area contributed by atoms with Gasteiger partial charge in [-0.3, -0.25) is 0 Å². The van der Waals surface area contributed by atoms with Gasteiger partial charge < -0.3 is 10.2 Å². The first-order valence-corrected chi connectivity index (χ1v) is 12.6. The lowest BCUT2D eigenvalue weighted by Gasteiger charge is -2.59. The summed E-state index contributed by atoms with van der Waals surface area (Å²) in [5, 5.41) is 20.7. The van der Waals surface area contributed by atoms with E-state index in [1.807, 2.05) is 0 Å². The molecule has 32 heavy (non-hydrogen) atoms. The standard InChI is InChI=1S/C27H43F3O2/c1-17(10-13-26(5,32)27(28,29)30)20-8-9-21-19-7-6-18-16-23(2,31)14-15-24(18,3)22(19)11-12-25(20,21)4/h6,17,19-22,31-32H,7-16H2,1-5H3/t17-,19?,20-,21?,22?,23+,24+,25-,26+/m1/s1/i16D2. The molecule has 2 N–H and O–H groups in total. The van der Waals surface area contributed by atoms with Crippen LogP contribution in [-0.2, 0) is 0 Å². The fourth-order valence-corrected chi connectivity index (χ4v) is 8.29. The average molecular weight is 459 g/mol. The van der Waals surface area contributed by atoms with E-state index < -0.39 is 23.8 Å². The molecule has 3 saturated carbocycles. The Kier molecular flexibility index (Phi) is 5.30. The van der Waals surface area contributed by atoms with Crippen LogP contribution in [0.2, 0.25) is 0 Å². The molecule has 9 atom stereocenters. The Labute approximate surface area is 194 Å². The third-order valence-electron chi connectivity index (χ3n) is 10.5. The molecule has 0 aromatic rings. The normalized spacial score (nSPS) is 49.5. The Morgan fingerprint density at radius 1 is 1.12 bits per heavy atom. The molecule has 0 radical (unpaired) electrons. The second-order valence-electron chi connectivity index (χ2n) is 12.6. The first kappa shape index (κ1) is 21.9. The minimum atomic E-state index is -4.61. The summed E-state index contributed by atoms with van der Waals surface area (Å²) in [5.74, 6) is 1.80. The van der Waals surface area contributed by atoms with Crippen LogP contribution in [0.15, 0.2) is 11.6 Å². The fraction of sp³-hybridized carbons (Fsp3) is 0.926. The van der Waals surface area contributed by atoms with Crippen LogP contribution in [-0.4, -0.2) is 27.6 Å². The highest BCUT2D eigenvalue weighted by molar-refractivity contribution is 5.26. The van der Waals surface area contributed by atoms with Gasteiger partial charge in [-0.1, -0.05) is 32.4 Å². The molecule has 4 rings (SSSR count). The molecule has 5 heteroatoms. The Morgan fingerprint density at radius 2 is 1.81 bits per heavy atom. The smallest absolute Gasteiger partial charge is 0.390 e. The maximum atomic E-state index is 13.2. The summed E-state index contributed by atoms with van der Waals surface area (Å²) in [6.45, 7) is 9.12. The largest absolute Gasteiger partial charge is 0.416 e. The SMILES string of the molecule is [2H]C1([2H])C2=CCC3C(CC[C@@]4(C)C3CC[C@@H]4[C@H](C)CC[C@](C)(O)C(F)(F)F)[C@@]2(C)CC[C@]1(C)O. The lowest BCUT2D eigenvalue weighted by atomic mass is 9.46. The molecule has 0 aromatic heterocycles. The van der Waals surface area contributed by atoms with Crippen LogP contribution in [0.1, 0.15) is 102 Å². The van der Waals surface area contributed by atoms with Gasteiger partial charge in [-0.25, -0.2) is 0 Å². The highest BCUT2D eigenvalue weighted by atomic mass is 19.4. The van der Waals surface area contributed by atoms with Gasteiger partial charge in [0.15, 0.2) is 5.60 Å². The van der Waals surface area contributed by atoms with Crippen molar-refractivity contribution in [2.45, 2.75) is 116 Å². The molecule has 3 unspecified atom stereocenters. The molecule has 0 amide bonds. The third kappa shape index (κ3) is 3.87. The van der Waals surface area contributed by atoms with E-state index in [1.54, 1.807) is 6.92 Å². The predicted octanol–water partition coefficient (Wildman–Crippen LogP) is 7.05. The van der Waals surface area contributed by atoms with Crippen molar-refractivity contribution in [3.8, 4) is 0 Å². The van der Waals surface area contributed by atoms with Crippen LogP contribution in [0.5, 0.6) is 0 Å². The number of aliphatic hydroxyl groups is 2. The highest BCUT2D eigenvalue weighted by Gasteiger charge is 2.60. The van der Waals surface area contributed by atoms with Crippen molar-refractivity contribution in [2.24, 2.45) is 40.4 Å². The van der Waals surface area contributed by atoms with Gasteiger partial charge in [-0.15, -0.1) is 0 Å². The number of hydrogen-bond acceptors (Lipinski definition) is 2. The molecule has 4 aliphatic carbocycles. The minimum absolute atomic E-state index is 0.0750. The van der Waals surface area contributed by atoms with E-state index in [2.05, 4.69) is 26.8 Å². The number of halogens is 3. The summed E-state index contributed by atoms with van der Waals surface area (Å²) in [4.78, 5) is 0. The fourth-order valence-electron chi connectivity index (χ4n) is 8.29. The van der Waals surface area contributed by atoms with Gasteiger partial charge in [-0.2, -0.15) is 13.2 Å². The number of alkyl halides is 3. The zero-order chi connectivity index (χ0) is 25.5. The van der Waals surface area contributed by atoms with Crippen LogP contribution in [0.25, 0.3) is 0 Å². The van der Waals surface area contributed by atoms with Crippen LogP contribution < -0.4 is 0 Å². The van der Waals surface area contributed by atoms with Crippen molar-refractivity contribution >= 4 is 0 Å². The number of allylic oxidation sites excluding steroid dienone is 1. The van der Waals surface area contributed by atoms with Crippen molar-refractivity contribution in [1.82, 2.24) is 0 Å². The maximum absolute atomic E-state index is 13.2. The molecule has 4 aliphatic rings. The van der Waals surface area contributed by atoms with Gasteiger partial charge in [0.25, 0.3) is 0 Å². The monoisotopic (exact) mass is 458 g/mol. The molecule has 3 fully saturated rings. The Hall–Kier alpha value is -0.550. The van der Waals surface area contributed by atoms with Crippen molar-refractivity contribution in [1.29, 1.82) is 0 Å². The maximum Gasteiger partial charge on any atom is 0.416 e. The quantitative estimate of drug-likeness (QED) is 0.443. The molecule has 0 aromatic carbocycles.